The van der Waals surface area contributed by atoms with Gasteiger partial charge in [0.05, 0.1) is 0 Å². The van der Waals surface area contributed by atoms with Crippen molar-refractivity contribution in [2.45, 2.75) is 0 Å². The molecule has 1 aromatic rings. The zero-order valence-electron chi connectivity index (χ0n) is 5.58. The van der Waals surface area contributed by atoms with Crippen LogP contribution in [0, 0.1) is 0 Å². The molecule has 0 saturated carbocycles. The van der Waals surface area contributed by atoms with Gasteiger partial charge in [0.2, 0.25) is 0 Å². The van der Waals surface area contributed by atoms with Crippen LogP contribution in [0.25, 0.3) is 6.08 Å². The molecule has 0 aromatic heterocycles. The van der Waals surface area contributed by atoms with Crippen LogP contribution in [-0.4, -0.2) is 7.15 Å². The van der Waals surface area contributed by atoms with Crippen molar-refractivity contribution in [3.05, 3.63) is 36.4 Å². The average molecular weight is 130 g/mol. The van der Waals surface area contributed by atoms with E-state index in [1.807, 2.05) is 12.1 Å². The Labute approximate surface area is 60.6 Å². The van der Waals surface area contributed by atoms with Crippen LogP contribution in [0.15, 0.2) is 30.8 Å². The molecule has 0 N–H and O–H groups in total. The Morgan fingerprint density at radius 2 is 1.90 bits per heavy atom. The molecule has 0 aliphatic rings. The summed E-state index contributed by atoms with van der Waals surface area (Å²) in [5, 5.41) is 0. The van der Waals surface area contributed by atoms with Crippen LogP contribution >= 0.6 is 0 Å². The molecule has 0 atom stereocenters. The Bertz CT molecular complexity index is 211. The van der Waals surface area contributed by atoms with Gasteiger partial charge >= 0.3 is 59.8 Å². The molecular formula is C8H7BO. The van der Waals surface area contributed by atoms with E-state index in [2.05, 4.69) is 6.58 Å². The summed E-state index contributed by atoms with van der Waals surface area (Å²) in [5.74, 6) is 0. The van der Waals surface area contributed by atoms with Crippen molar-refractivity contribution in [3.63, 3.8) is 0 Å². The molecule has 0 aliphatic heterocycles. The Morgan fingerprint density at radius 1 is 1.30 bits per heavy atom. The normalized spacial score (nSPS) is 8.40. The topological polar surface area (TPSA) is 17.1 Å². The third-order valence-electron chi connectivity index (χ3n) is 1.31. The fourth-order valence-corrected chi connectivity index (χ4v) is 0.711. The van der Waals surface area contributed by atoms with Crippen LogP contribution in [0.5, 0.6) is 0 Å². The zero-order valence-corrected chi connectivity index (χ0v) is 5.58. The molecule has 0 spiro atoms. The van der Waals surface area contributed by atoms with Crippen molar-refractivity contribution < 1.29 is 4.70 Å². The zero-order chi connectivity index (χ0) is 7.40. The molecule has 48 valence electrons. The van der Waals surface area contributed by atoms with E-state index >= 15 is 0 Å². The monoisotopic (exact) mass is 130 g/mol. The van der Waals surface area contributed by atoms with Crippen molar-refractivity contribution in [1.29, 1.82) is 0 Å². The number of hydrogen-bond acceptors (Lipinski definition) is 1. The third kappa shape index (κ3) is 1.41. The number of hydrogen-bond donors (Lipinski definition) is 0. The Balaban J connectivity index is 3.00. The van der Waals surface area contributed by atoms with Crippen LogP contribution in [-0.2, 0) is 4.70 Å². The molecule has 1 aromatic carbocycles. The quantitative estimate of drug-likeness (QED) is 0.546. The molecule has 1 nitrogen and oxygen atoms in total. The molecular weight excluding hydrogens is 123 g/mol. The molecule has 0 aliphatic carbocycles. The third-order valence-corrected chi connectivity index (χ3v) is 1.31. The summed E-state index contributed by atoms with van der Waals surface area (Å²) in [6, 6.07) is 7.25. The summed E-state index contributed by atoms with van der Waals surface area (Å²) >= 11 is 0. The first-order valence-corrected chi connectivity index (χ1v) is 3.04. The number of rotatable bonds is 2. The van der Waals surface area contributed by atoms with E-state index in [0.717, 1.165) is 12.7 Å². The number of benzene rings is 1. The summed E-state index contributed by atoms with van der Waals surface area (Å²) in [5.41, 5.74) is 1.73. The first-order valence-electron chi connectivity index (χ1n) is 3.04. The first-order chi connectivity index (χ1) is 4.86. The average Bonchev–Trinajstić information content (AvgIpc) is 2.05. The minimum atomic E-state index is 0.700. The van der Waals surface area contributed by atoms with Gasteiger partial charge in [-0.2, -0.15) is 0 Å². The Hall–Kier alpha value is -1.18. The van der Waals surface area contributed by atoms with Gasteiger partial charge in [0.1, 0.15) is 0 Å². The van der Waals surface area contributed by atoms with Crippen molar-refractivity contribution in [1.82, 2.24) is 0 Å². The summed E-state index contributed by atoms with van der Waals surface area (Å²) in [6.07, 6.45) is 1.74. The molecule has 1 rings (SSSR count). The van der Waals surface area contributed by atoms with E-state index in [-0.39, 0.29) is 0 Å². The van der Waals surface area contributed by atoms with Crippen molar-refractivity contribution in [2.75, 3.05) is 0 Å². The van der Waals surface area contributed by atoms with Crippen LogP contribution in [0.4, 0.5) is 0 Å². The molecule has 0 unspecified atom stereocenters. The van der Waals surface area contributed by atoms with Gasteiger partial charge in [0, 0.05) is 0 Å². The van der Waals surface area contributed by atoms with Gasteiger partial charge in [0.25, 0.3) is 0 Å². The van der Waals surface area contributed by atoms with Gasteiger partial charge in [-0.3, -0.25) is 0 Å². The molecule has 0 fully saturated rings. The maximum absolute atomic E-state index is 10.2. The molecule has 0 bridgehead atoms. The van der Waals surface area contributed by atoms with Crippen molar-refractivity contribution >= 4 is 18.7 Å². The SMILES string of the molecule is C=Cc1ccc(B=O)cc1. The van der Waals surface area contributed by atoms with E-state index < -0.39 is 0 Å². The second kappa shape index (κ2) is 3.11. The standard InChI is InChI=1S/C8H7BO/c1-2-7-3-5-8(9-10)6-4-7/h2-6H,1H2. The van der Waals surface area contributed by atoms with E-state index in [4.69, 9.17) is 0 Å². The molecule has 0 saturated heterocycles. The fraction of sp³-hybridized carbons (Fsp3) is 0. The van der Waals surface area contributed by atoms with E-state index in [1.165, 1.54) is 0 Å². The van der Waals surface area contributed by atoms with Crippen LogP contribution in [0.1, 0.15) is 5.56 Å². The predicted molar refractivity (Wildman–Crippen MR) is 42.6 cm³/mol. The van der Waals surface area contributed by atoms with Crippen molar-refractivity contribution in [3.8, 4) is 0 Å². The second-order valence-corrected chi connectivity index (χ2v) is 1.99. The Morgan fingerprint density at radius 3 is 2.30 bits per heavy atom. The van der Waals surface area contributed by atoms with Gasteiger partial charge in [-0.1, -0.05) is 0 Å². The minimum absolute atomic E-state index is 0.700. The predicted octanol–water partition coefficient (Wildman–Crippen LogP) is 1.00. The molecule has 0 radical (unpaired) electrons. The maximum atomic E-state index is 10.2. The van der Waals surface area contributed by atoms with E-state index in [0.29, 0.717) is 5.46 Å². The Kier molecular flexibility index (Phi) is 2.16. The summed E-state index contributed by atoms with van der Waals surface area (Å²) in [7, 11) is 0.826. The van der Waals surface area contributed by atoms with Crippen LogP contribution in [0.2, 0.25) is 0 Å². The molecule has 0 amide bonds. The van der Waals surface area contributed by atoms with Gasteiger partial charge in [-0.15, -0.1) is 0 Å². The van der Waals surface area contributed by atoms with Gasteiger partial charge < -0.3 is 0 Å². The fourth-order valence-electron chi connectivity index (χ4n) is 0.711. The molecule has 2 heteroatoms. The van der Waals surface area contributed by atoms with Gasteiger partial charge in [-0.05, 0) is 0 Å². The molecule has 10 heavy (non-hydrogen) atoms. The summed E-state index contributed by atoms with van der Waals surface area (Å²) < 4.78 is 10.2. The van der Waals surface area contributed by atoms with Gasteiger partial charge in [-0.25, -0.2) is 0 Å². The van der Waals surface area contributed by atoms with Crippen molar-refractivity contribution in [2.24, 2.45) is 0 Å². The van der Waals surface area contributed by atoms with Crippen LogP contribution in [0.3, 0.4) is 0 Å². The van der Waals surface area contributed by atoms with Crippen LogP contribution < -0.4 is 5.46 Å². The molecule has 0 heterocycles. The first kappa shape index (κ1) is 6.94. The summed E-state index contributed by atoms with van der Waals surface area (Å²) in [6.45, 7) is 3.60. The van der Waals surface area contributed by atoms with E-state index in [1.54, 1.807) is 18.2 Å². The van der Waals surface area contributed by atoms with E-state index in [9.17, 15) is 4.70 Å². The second-order valence-electron chi connectivity index (χ2n) is 1.99. The summed E-state index contributed by atoms with van der Waals surface area (Å²) in [4.78, 5) is 0. The van der Waals surface area contributed by atoms with Gasteiger partial charge in [0.15, 0.2) is 0 Å².